The van der Waals surface area contributed by atoms with Crippen LogP contribution < -0.4 is 3.27 Å². The van der Waals surface area contributed by atoms with E-state index in [4.69, 9.17) is 25.9 Å². The molecule has 0 heterocycles. The minimum atomic E-state index is -5.84. The Morgan fingerprint density at radius 3 is 1.04 bits per heavy atom. The zero-order valence-corrected chi connectivity index (χ0v) is 15.6. The maximum atomic E-state index is 10.7. The van der Waals surface area contributed by atoms with Crippen LogP contribution in [0, 0.1) is 0 Å². The summed E-state index contributed by atoms with van der Waals surface area (Å²) in [5, 5.41) is 0. The normalized spacial score (nSPS) is 12.4. The number of halogens is 6. The van der Waals surface area contributed by atoms with Crippen LogP contribution in [0.4, 0.5) is 26.3 Å². The van der Waals surface area contributed by atoms with Gasteiger partial charge in [-0.3, -0.25) is 9.11 Å². The third-order valence-corrected chi connectivity index (χ3v) is 3.67. The molecule has 23 heavy (non-hydrogen) atoms. The van der Waals surface area contributed by atoms with Gasteiger partial charge in [-0.15, -0.1) is 0 Å². The van der Waals surface area contributed by atoms with E-state index >= 15 is 0 Å². The van der Waals surface area contributed by atoms with Crippen molar-refractivity contribution in [2.75, 3.05) is 0 Å². The van der Waals surface area contributed by atoms with Gasteiger partial charge in [0.25, 0.3) is 0 Å². The van der Waals surface area contributed by atoms with Crippen LogP contribution in [0.5, 0.6) is 0 Å². The molecule has 0 aromatic heterocycles. The van der Waals surface area contributed by atoms with Crippen LogP contribution in [0.25, 0.3) is 0 Å². The quantitative estimate of drug-likeness (QED) is 0.205. The number of rotatable bonds is 0. The van der Waals surface area contributed by atoms with Crippen molar-refractivity contribution in [3.05, 3.63) is 30.3 Å². The number of benzene rings is 1. The summed E-state index contributed by atoms with van der Waals surface area (Å²) in [6.07, 6.45) is 0. The molecule has 1 aromatic carbocycles. The van der Waals surface area contributed by atoms with Crippen molar-refractivity contribution in [3.8, 4) is 0 Å². The third kappa shape index (κ3) is 12.6. The molecule has 0 aliphatic heterocycles. The van der Waals surface area contributed by atoms with Crippen molar-refractivity contribution in [1.29, 1.82) is 0 Å². The first-order valence-electron chi connectivity index (χ1n) is 4.71. The number of hydrogen-bond donors (Lipinski definition) is 2. The Morgan fingerprint density at radius 1 is 0.739 bits per heavy atom. The van der Waals surface area contributed by atoms with E-state index in [0.717, 1.165) is 0 Å². The van der Waals surface area contributed by atoms with Gasteiger partial charge in [0.15, 0.2) is 0 Å². The molecule has 134 valence electrons. The molecule has 0 atom stereocenters. The van der Waals surface area contributed by atoms with E-state index in [1.165, 1.54) is 28.0 Å². The third-order valence-electron chi connectivity index (χ3n) is 1.34. The van der Waals surface area contributed by atoms with E-state index < -0.39 is 31.3 Å². The summed E-state index contributed by atoms with van der Waals surface area (Å²) in [6.45, 7) is 0. The second-order valence-electron chi connectivity index (χ2n) is 3.18. The minimum absolute atomic E-state index is 1.36. The zero-order valence-electron chi connectivity index (χ0n) is 10.4. The SMILES string of the molecule is O=S(=O)(O)C(F)(F)F.O=S(=O)(O)C(F)(F)F.[Bi][c]1ccccc1. The fourth-order valence-corrected chi connectivity index (χ4v) is 1.10. The van der Waals surface area contributed by atoms with Crippen LogP contribution in [-0.2, 0) is 20.2 Å². The molecule has 15 heteroatoms. The molecule has 0 fully saturated rings. The fourth-order valence-electron chi connectivity index (χ4n) is 0.428. The Labute approximate surface area is 141 Å². The van der Waals surface area contributed by atoms with Crippen molar-refractivity contribution in [2.45, 2.75) is 11.0 Å². The van der Waals surface area contributed by atoms with Gasteiger partial charge in [-0.05, 0) is 0 Å². The summed E-state index contributed by atoms with van der Waals surface area (Å²) in [6, 6.07) is 10.4. The predicted octanol–water partition coefficient (Wildman–Crippen LogP) is 1.27. The molecule has 0 saturated heterocycles. The van der Waals surface area contributed by atoms with Crippen molar-refractivity contribution in [2.24, 2.45) is 0 Å². The zero-order chi connectivity index (χ0) is 19.1. The first-order valence-corrected chi connectivity index (χ1v) is 9.33. The fraction of sp³-hybridized carbons (Fsp3) is 0.250. The molecule has 0 bridgehead atoms. The summed E-state index contributed by atoms with van der Waals surface area (Å²) >= 11 is 1.36. The molecule has 0 aliphatic carbocycles. The van der Waals surface area contributed by atoms with Gasteiger partial charge >= 0.3 is 89.6 Å². The standard InChI is InChI=1S/C6H5.2CHF3O3S.Bi/c1-2-4-6-5-3-1;2*2-1(3,4)8(5,6)7;/h1-5H;2*(H,5,6,7);. The molecule has 0 aliphatic rings. The molecule has 1 rings (SSSR count). The Balaban J connectivity index is 0. The summed E-state index contributed by atoms with van der Waals surface area (Å²) < 4.78 is 117. The molecular formula is C8H7BiF6O6S2. The van der Waals surface area contributed by atoms with Crippen LogP contribution in [0.15, 0.2) is 30.3 Å². The predicted molar refractivity (Wildman–Crippen MR) is 67.0 cm³/mol. The van der Waals surface area contributed by atoms with E-state index in [9.17, 15) is 26.3 Å². The van der Waals surface area contributed by atoms with E-state index in [2.05, 4.69) is 24.3 Å². The van der Waals surface area contributed by atoms with Crippen LogP contribution in [-0.4, -0.2) is 61.7 Å². The monoisotopic (exact) mass is 586 g/mol. The molecule has 0 saturated carbocycles. The van der Waals surface area contributed by atoms with E-state index in [1.807, 2.05) is 6.07 Å². The van der Waals surface area contributed by atoms with Gasteiger partial charge in [-0.1, -0.05) is 0 Å². The summed E-state index contributed by atoms with van der Waals surface area (Å²) in [5.41, 5.74) is -11.1. The van der Waals surface area contributed by atoms with Crippen LogP contribution in [0.2, 0.25) is 0 Å². The van der Waals surface area contributed by atoms with Crippen LogP contribution in [0.1, 0.15) is 0 Å². The average Bonchev–Trinajstić information content (AvgIpc) is 2.25. The second-order valence-corrected chi connectivity index (χ2v) is 8.01. The second kappa shape index (κ2) is 9.11. The molecule has 0 amide bonds. The van der Waals surface area contributed by atoms with Crippen LogP contribution >= 0.6 is 0 Å². The Bertz CT molecular complexity index is 625. The molecule has 0 spiro atoms. The Kier molecular flexibility index (Phi) is 9.80. The topological polar surface area (TPSA) is 109 Å². The van der Waals surface area contributed by atoms with Gasteiger partial charge in [0, 0.05) is 0 Å². The Morgan fingerprint density at radius 2 is 0.957 bits per heavy atom. The van der Waals surface area contributed by atoms with Gasteiger partial charge in [0.2, 0.25) is 0 Å². The first kappa shape index (κ1) is 24.8. The van der Waals surface area contributed by atoms with Crippen LogP contribution in [0.3, 0.4) is 0 Å². The molecule has 1 aromatic rings. The van der Waals surface area contributed by atoms with E-state index in [-0.39, 0.29) is 0 Å². The van der Waals surface area contributed by atoms with Gasteiger partial charge < -0.3 is 0 Å². The average molecular weight is 586 g/mol. The van der Waals surface area contributed by atoms with Gasteiger partial charge in [-0.25, -0.2) is 0 Å². The van der Waals surface area contributed by atoms with E-state index in [1.54, 1.807) is 0 Å². The van der Waals surface area contributed by atoms with Gasteiger partial charge in [0.1, 0.15) is 0 Å². The molecular weight excluding hydrogens is 579 g/mol. The number of hydrogen-bond acceptors (Lipinski definition) is 4. The number of alkyl halides is 6. The van der Waals surface area contributed by atoms with Crippen molar-refractivity contribution in [1.82, 2.24) is 0 Å². The summed E-state index contributed by atoms with van der Waals surface area (Å²) in [5.74, 6) is 0. The van der Waals surface area contributed by atoms with Crippen molar-refractivity contribution >= 4 is 48.2 Å². The molecule has 6 nitrogen and oxygen atoms in total. The summed E-state index contributed by atoms with van der Waals surface area (Å²) in [7, 11) is -11.7. The summed E-state index contributed by atoms with van der Waals surface area (Å²) in [4.78, 5) is 0. The molecule has 2 N–H and O–H groups in total. The van der Waals surface area contributed by atoms with Gasteiger partial charge in [0.05, 0.1) is 0 Å². The molecule has 0 unspecified atom stereocenters. The van der Waals surface area contributed by atoms with Gasteiger partial charge in [-0.2, -0.15) is 43.2 Å². The Hall–Kier alpha value is -0.497. The van der Waals surface area contributed by atoms with Crippen molar-refractivity contribution < 1.29 is 52.3 Å². The van der Waals surface area contributed by atoms with Crippen molar-refractivity contribution in [3.63, 3.8) is 0 Å². The molecule has 2 radical (unpaired) electrons. The first-order chi connectivity index (χ1) is 9.89. The van der Waals surface area contributed by atoms with E-state index in [0.29, 0.717) is 0 Å². The maximum absolute atomic E-state index is 10.7.